The van der Waals surface area contributed by atoms with Crippen molar-refractivity contribution in [3.63, 3.8) is 0 Å². The molecule has 1 aliphatic heterocycles. The number of nitrogens with zero attached hydrogens (tertiary/aromatic N) is 1. The number of benzene rings is 3. The first-order valence-corrected chi connectivity index (χ1v) is 8.96. The van der Waals surface area contributed by atoms with Gasteiger partial charge in [0.1, 0.15) is 5.75 Å². The topological polar surface area (TPSA) is 50.7 Å². The fourth-order valence-corrected chi connectivity index (χ4v) is 3.66. The number of hydrogen-bond donors (Lipinski definition) is 1. The molecule has 1 saturated heterocycles. The molecule has 26 heavy (non-hydrogen) atoms. The SMILES string of the molecule is COc1ccc2ccccc2c1/C=C1/SC(=Nc2ccccc2)NC1=O. The van der Waals surface area contributed by atoms with Crippen molar-refractivity contribution >= 4 is 45.4 Å². The number of amidine groups is 1. The van der Waals surface area contributed by atoms with Crippen molar-refractivity contribution in [2.75, 3.05) is 7.11 Å². The number of nitrogens with one attached hydrogen (secondary N) is 1. The third kappa shape index (κ3) is 3.21. The van der Waals surface area contributed by atoms with Crippen molar-refractivity contribution in [3.8, 4) is 5.75 Å². The van der Waals surface area contributed by atoms with E-state index in [9.17, 15) is 4.79 Å². The molecule has 4 nitrogen and oxygen atoms in total. The zero-order valence-electron chi connectivity index (χ0n) is 14.1. The van der Waals surface area contributed by atoms with Gasteiger partial charge < -0.3 is 10.1 Å². The lowest BCUT2D eigenvalue weighted by molar-refractivity contribution is -0.115. The van der Waals surface area contributed by atoms with E-state index in [1.807, 2.05) is 72.8 Å². The molecule has 1 N–H and O–H groups in total. The Kier molecular flexibility index (Phi) is 4.46. The molecule has 1 fully saturated rings. The van der Waals surface area contributed by atoms with Crippen molar-refractivity contribution in [3.05, 3.63) is 77.2 Å². The monoisotopic (exact) mass is 360 g/mol. The molecular formula is C21H16N2O2S. The third-order valence-electron chi connectivity index (χ3n) is 4.06. The van der Waals surface area contributed by atoms with Gasteiger partial charge in [-0.1, -0.05) is 48.5 Å². The summed E-state index contributed by atoms with van der Waals surface area (Å²) in [7, 11) is 1.64. The lowest BCUT2D eigenvalue weighted by Gasteiger charge is -2.09. The van der Waals surface area contributed by atoms with Gasteiger partial charge in [0.2, 0.25) is 0 Å². The maximum atomic E-state index is 12.4. The van der Waals surface area contributed by atoms with E-state index < -0.39 is 0 Å². The van der Waals surface area contributed by atoms with E-state index in [1.54, 1.807) is 7.11 Å². The van der Waals surface area contributed by atoms with Gasteiger partial charge in [0.25, 0.3) is 5.91 Å². The number of fused-ring (bicyclic) bond motifs is 1. The van der Waals surface area contributed by atoms with E-state index in [0.29, 0.717) is 10.1 Å². The van der Waals surface area contributed by atoms with Crippen LogP contribution in [0.25, 0.3) is 16.8 Å². The summed E-state index contributed by atoms with van der Waals surface area (Å²) in [5.41, 5.74) is 1.70. The van der Waals surface area contributed by atoms with Crippen LogP contribution in [-0.2, 0) is 4.79 Å². The number of para-hydroxylation sites is 1. The fraction of sp³-hybridized carbons (Fsp3) is 0.0476. The first-order chi connectivity index (χ1) is 12.7. The summed E-state index contributed by atoms with van der Waals surface area (Å²) in [4.78, 5) is 17.5. The lowest BCUT2D eigenvalue weighted by atomic mass is 10.0. The second kappa shape index (κ2) is 7.06. The maximum Gasteiger partial charge on any atom is 0.264 e. The standard InChI is InChI=1S/C21H16N2O2S/c1-25-18-12-11-14-7-5-6-10-16(14)17(18)13-19-20(24)23-21(26-19)22-15-8-3-2-4-9-15/h2-13H,1H3,(H,22,23,24)/b19-13+. The van der Waals surface area contributed by atoms with Gasteiger partial charge >= 0.3 is 0 Å². The van der Waals surface area contributed by atoms with Gasteiger partial charge in [-0.15, -0.1) is 0 Å². The van der Waals surface area contributed by atoms with E-state index in [0.717, 1.165) is 27.8 Å². The highest BCUT2D eigenvalue weighted by Crippen LogP contribution is 2.34. The molecule has 0 aliphatic carbocycles. The van der Waals surface area contributed by atoms with E-state index in [-0.39, 0.29) is 5.91 Å². The quantitative estimate of drug-likeness (QED) is 0.687. The van der Waals surface area contributed by atoms with Crippen LogP contribution < -0.4 is 10.1 Å². The van der Waals surface area contributed by atoms with Crippen LogP contribution in [-0.4, -0.2) is 18.2 Å². The van der Waals surface area contributed by atoms with Gasteiger partial charge in [0.15, 0.2) is 5.17 Å². The highest BCUT2D eigenvalue weighted by Gasteiger charge is 2.24. The number of rotatable bonds is 3. The van der Waals surface area contributed by atoms with Crippen LogP contribution in [0.5, 0.6) is 5.75 Å². The Balaban J connectivity index is 1.74. The largest absolute Gasteiger partial charge is 0.496 e. The summed E-state index contributed by atoms with van der Waals surface area (Å²) in [6.45, 7) is 0. The Morgan fingerprint density at radius 3 is 2.58 bits per heavy atom. The molecule has 0 atom stereocenters. The van der Waals surface area contributed by atoms with Gasteiger partial charge in [-0.25, -0.2) is 4.99 Å². The van der Waals surface area contributed by atoms with Crippen molar-refractivity contribution in [1.29, 1.82) is 0 Å². The number of carbonyl (C=O) groups excluding carboxylic acids is 1. The Morgan fingerprint density at radius 1 is 1.00 bits per heavy atom. The van der Waals surface area contributed by atoms with E-state index >= 15 is 0 Å². The zero-order valence-corrected chi connectivity index (χ0v) is 14.9. The van der Waals surface area contributed by atoms with E-state index in [2.05, 4.69) is 10.3 Å². The molecule has 0 unspecified atom stereocenters. The molecule has 1 amide bonds. The van der Waals surface area contributed by atoms with Crippen LogP contribution in [0, 0.1) is 0 Å². The minimum atomic E-state index is -0.153. The Labute approximate surface area is 155 Å². The first-order valence-electron chi connectivity index (χ1n) is 8.15. The molecule has 0 radical (unpaired) electrons. The fourth-order valence-electron chi connectivity index (χ4n) is 2.83. The lowest BCUT2D eigenvalue weighted by Crippen LogP contribution is -2.19. The summed E-state index contributed by atoms with van der Waals surface area (Å²) >= 11 is 1.33. The first kappa shape index (κ1) is 16.4. The van der Waals surface area contributed by atoms with E-state index in [4.69, 9.17) is 4.74 Å². The van der Waals surface area contributed by atoms with Crippen molar-refractivity contribution in [2.24, 2.45) is 4.99 Å². The molecule has 3 aromatic carbocycles. The molecule has 0 spiro atoms. The number of carbonyl (C=O) groups is 1. The highest BCUT2D eigenvalue weighted by molar-refractivity contribution is 8.18. The van der Waals surface area contributed by atoms with Crippen LogP contribution in [0.4, 0.5) is 5.69 Å². The molecule has 1 heterocycles. The van der Waals surface area contributed by atoms with Gasteiger partial charge in [-0.05, 0) is 46.8 Å². The number of thioether (sulfide) groups is 1. The molecule has 4 rings (SSSR count). The average molecular weight is 360 g/mol. The summed E-state index contributed by atoms with van der Waals surface area (Å²) in [5.74, 6) is 0.581. The maximum absolute atomic E-state index is 12.4. The summed E-state index contributed by atoms with van der Waals surface area (Å²) in [6, 6.07) is 21.5. The Morgan fingerprint density at radius 2 is 1.77 bits per heavy atom. The number of hydrogen-bond acceptors (Lipinski definition) is 4. The van der Waals surface area contributed by atoms with Crippen LogP contribution in [0.2, 0.25) is 0 Å². The zero-order chi connectivity index (χ0) is 17.9. The smallest absolute Gasteiger partial charge is 0.264 e. The molecule has 1 aliphatic rings. The summed E-state index contributed by atoms with van der Waals surface area (Å²) in [6.07, 6.45) is 1.87. The molecule has 3 aromatic rings. The second-order valence-corrected chi connectivity index (χ2v) is 6.75. The third-order valence-corrected chi connectivity index (χ3v) is 4.97. The van der Waals surface area contributed by atoms with Crippen molar-refractivity contribution < 1.29 is 9.53 Å². The van der Waals surface area contributed by atoms with Gasteiger partial charge in [0, 0.05) is 5.56 Å². The number of methoxy groups -OCH3 is 1. The summed E-state index contributed by atoms with van der Waals surface area (Å²) < 4.78 is 5.51. The predicted molar refractivity (Wildman–Crippen MR) is 108 cm³/mol. The Bertz CT molecular complexity index is 1040. The van der Waals surface area contributed by atoms with Crippen LogP contribution in [0.15, 0.2) is 76.6 Å². The van der Waals surface area contributed by atoms with Gasteiger partial charge in [-0.3, -0.25) is 4.79 Å². The normalized spacial score (nSPS) is 17.0. The van der Waals surface area contributed by atoms with Crippen molar-refractivity contribution in [1.82, 2.24) is 5.32 Å². The second-order valence-electron chi connectivity index (χ2n) is 5.72. The Hall–Kier alpha value is -3.05. The molecule has 0 aromatic heterocycles. The van der Waals surface area contributed by atoms with Crippen LogP contribution in [0.1, 0.15) is 5.56 Å². The van der Waals surface area contributed by atoms with Gasteiger partial charge in [-0.2, -0.15) is 0 Å². The summed E-state index contributed by atoms with van der Waals surface area (Å²) in [5, 5.41) is 5.54. The molecular weight excluding hydrogens is 344 g/mol. The number of amides is 1. The minimum absolute atomic E-state index is 0.153. The van der Waals surface area contributed by atoms with E-state index in [1.165, 1.54) is 11.8 Å². The highest BCUT2D eigenvalue weighted by atomic mass is 32.2. The number of aliphatic imine (C=N–C) groups is 1. The number of ether oxygens (including phenoxy) is 1. The van der Waals surface area contributed by atoms with Crippen LogP contribution in [0.3, 0.4) is 0 Å². The molecule has 0 bridgehead atoms. The molecule has 128 valence electrons. The van der Waals surface area contributed by atoms with Crippen molar-refractivity contribution in [2.45, 2.75) is 0 Å². The average Bonchev–Trinajstić information content (AvgIpc) is 3.02. The van der Waals surface area contributed by atoms with Crippen LogP contribution >= 0.6 is 11.8 Å². The molecule has 5 heteroatoms. The predicted octanol–water partition coefficient (Wildman–Crippen LogP) is 4.74. The minimum Gasteiger partial charge on any atom is -0.496 e. The van der Waals surface area contributed by atoms with Gasteiger partial charge in [0.05, 0.1) is 17.7 Å². The molecule has 0 saturated carbocycles.